The highest BCUT2D eigenvalue weighted by atomic mass is 35.5. The van der Waals surface area contributed by atoms with Crippen molar-refractivity contribution in [2.75, 3.05) is 31.4 Å². The molecule has 1 aliphatic heterocycles. The number of halogens is 1. The van der Waals surface area contributed by atoms with Crippen molar-refractivity contribution in [2.24, 2.45) is 0 Å². The largest absolute Gasteiger partial charge is 0.496 e. The molecule has 0 aliphatic carbocycles. The van der Waals surface area contributed by atoms with Gasteiger partial charge < -0.3 is 9.64 Å². The summed E-state index contributed by atoms with van der Waals surface area (Å²) in [5, 5.41) is 0.616. The standard InChI is InChI=1S/C15H20ClNO4S2/c1-17(8-11-7-12(16)3-4-14(11)21-2)15(18)9-22-13-5-6-23(19,20)10-13/h3-4,7,13H,5-6,8-10H2,1-2H3/t13-/m0/s1. The Morgan fingerprint density at radius 3 is 2.83 bits per heavy atom. The van der Waals surface area contributed by atoms with Crippen LogP contribution in [0, 0.1) is 0 Å². The number of carbonyl (C=O) groups excluding carboxylic acids is 1. The first-order chi connectivity index (χ1) is 10.8. The van der Waals surface area contributed by atoms with Gasteiger partial charge in [-0.1, -0.05) is 11.6 Å². The van der Waals surface area contributed by atoms with E-state index in [4.69, 9.17) is 16.3 Å². The van der Waals surface area contributed by atoms with E-state index in [-0.39, 0.29) is 28.4 Å². The van der Waals surface area contributed by atoms with E-state index < -0.39 is 9.84 Å². The second kappa shape index (κ2) is 7.77. The van der Waals surface area contributed by atoms with Gasteiger partial charge in [0.1, 0.15) is 5.75 Å². The first-order valence-electron chi connectivity index (χ1n) is 7.19. The number of hydrogen-bond donors (Lipinski definition) is 0. The van der Waals surface area contributed by atoms with Crippen molar-refractivity contribution < 1.29 is 17.9 Å². The average molecular weight is 378 g/mol. The first kappa shape index (κ1) is 18.4. The summed E-state index contributed by atoms with van der Waals surface area (Å²) >= 11 is 7.41. The highest BCUT2D eigenvalue weighted by molar-refractivity contribution is 8.02. The molecule has 128 valence electrons. The summed E-state index contributed by atoms with van der Waals surface area (Å²) in [5.41, 5.74) is 0.837. The number of amides is 1. The Bertz CT molecular complexity index is 678. The van der Waals surface area contributed by atoms with Crippen molar-refractivity contribution in [1.82, 2.24) is 4.90 Å². The van der Waals surface area contributed by atoms with Gasteiger partial charge in [0, 0.05) is 29.4 Å². The lowest BCUT2D eigenvalue weighted by molar-refractivity contribution is -0.127. The normalized spacial score (nSPS) is 19.5. The molecule has 1 heterocycles. The maximum absolute atomic E-state index is 12.2. The van der Waals surface area contributed by atoms with Gasteiger partial charge in [-0.25, -0.2) is 8.42 Å². The number of ether oxygens (including phenoxy) is 1. The number of rotatable bonds is 6. The van der Waals surface area contributed by atoms with Crippen molar-refractivity contribution in [1.29, 1.82) is 0 Å². The van der Waals surface area contributed by atoms with Crippen molar-refractivity contribution in [3.05, 3.63) is 28.8 Å². The molecule has 23 heavy (non-hydrogen) atoms. The van der Waals surface area contributed by atoms with Crippen LogP contribution in [-0.4, -0.2) is 55.9 Å². The zero-order valence-corrected chi connectivity index (χ0v) is 15.5. The van der Waals surface area contributed by atoms with Gasteiger partial charge in [0.25, 0.3) is 0 Å². The second-order valence-corrected chi connectivity index (χ2v) is 9.50. The molecule has 1 atom stereocenters. The maximum Gasteiger partial charge on any atom is 0.232 e. The molecule has 1 aromatic rings. The predicted molar refractivity (Wildman–Crippen MR) is 94.0 cm³/mol. The van der Waals surface area contributed by atoms with E-state index in [0.717, 1.165) is 5.56 Å². The highest BCUT2D eigenvalue weighted by Gasteiger charge is 2.28. The predicted octanol–water partition coefficient (Wildman–Crippen LogP) is 2.23. The Morgan fingerprint density at radius 2 is 2.22 bits per heavy atom. The zero-order valence-electron chi connectivity index (χ0n) is 13.1. The first-order valence-corrected chi connectivity index (χ1v) is 10.4. The van der Waals surface area contributed by atoms with Gasteiger partial charge in [-0.05, 0) is 24.6 Å². The monoisotopic (exact) mass is 377 g/mol. The molecule has 5 nitrogen and oxygen atoms in total. The molecular weight excluding hydrogens is 358 g/mol. The summed E-state index contributed by atoms with van der Waals surface area (Å²) in [7, 11) is 0.388. The Hall–Kier alpha value is -0.920. The van der Waals surface area contributed by atoms with E-state index >= 15 is 0 Å². The highest BCUT2D eigenvalue weighted by Crippen LogP contribution is 2.26. The SMILES string of the molecule is COc1ccc(Cl)cc1CN(C)C(=O)CS[C@H]1CCS(=O)(=O)C1. The van der Waals surface area contributed by atoms with Gasteiger partial charge in [-0.2, -0.15) is 0 Å². The van der Waals surface area contributed by atoms with Gasteiger partial charge in [0.05, 0.1) is 24.4 Å². The molecule has 1 aliphatic rings. The summed E-state index contributed by atoms with van der Waals surface area (Å²) in [5.74, 6) is 1.33. The van der Waals surface area contributed by atoms with Crippen LogP contribution < -0.4 is 4.74 Å². The van der Waals surface area contributed by atoms with Crippen LogP contribution in [0.5, 0.6) is 5.75 Å². The Labute approximate surface area is 146 Å². The summed E-state index contributed by atoms with van der Waals surface area (Å²) in [6, 6.07) is 5.29. The summed E-state index contributed by atoms with van der Waals surface area (Å²) in [4.78, 5) is 13.8. The van der Waals surface area contributed by atoms with Gasteiger partial charge in [-0.15, -0.1) is 11.8 Å². The lowest BCUT2D eigenvalue weighted by Gasteiger charge is -2.19. The van der Waals surface area contributed by atoms with Crippen LogP contribution in [0.3, 0.4) is 0 Å². The summed E-state index contributed by atoms with van der Waals surface area (Å²) < 4.78 is 28.1. The summed E-state index contributed by atoms with van der Waals surface area (Å²) in [6.45, 7) is 0.395. The number of thioether (sulfide) groups is 1. The van der Waals surface area contributed by atoms with Gasteiger partial charge >= 0.3 is 0 Å². The van der Waals surface area contributed by atoms with Gasteiger partial charge in [0.15, 0.2) is 9.84 Å². The molecule has 0 saturated carbocycles. The number of methoxy groups -OCH3 is 1. The van der Waals surface area contributed by atoms with Crippen molar-refractivity contribution in [3.63, 3.8) is 0 Å². The molecule has 1 aromatic carbocycles. The summed E-state index contributed by atoms with van der Waals surface area (Å²) in [6.07, 6.45) is 0.631. The third kappa shape index (κ3) is 5.29. The minimum atomic E-state index is -2.90. The fraction of sp³-hybridized carbons (Fsp3) is 0.533. The molecule has 0 aromatic heterocycles. The molecule has 2 rings (SSSR count). The Morgan fingerprint density at radius 1 is 1.48 bits per heavy atom. The zero-order chi connectivity index (χ0) is 17.0. The molecule has 0 bridgehead atoms. The van der Waals surface area contributed by atoms with Crippen molar-refractivity contribution in [3.8, 4) is 5.75 Å². The minimum absolute atomic E-state index is 0.0260. The van der Waals surface area contributed by atoms with Crippen LogP contribution in [0.2, 0.25) is 5.02 Å². The Kier molecular flexibility index (Phi) is 6.22. The number of benzene rings is 1. The van der Waals surface area contributed by atoms with Crippen LogP contribution in [0.25, 0.3) is 0 Å². The van der Waals surface area contributed by atoms with Gasteiger partial charge in [0.2, 0.25) is 5.91 Å². The number of nitrogens with zero attached hydrogens (tertiary/aromatic N) is 1. The quantitative estimate of drug-likeness (QED) is 0.760. The maximum atomic E-state index is 12.2. The fourth-order valence-corrected chi connectivity index (χ4v) is 6.18. The number of carbonyl (C=O) groups is 1. The van der Waals surface area contributed by atoms with E-state index in [0.29, 0.717) is 23.7 Å². The van der Waals surface area contributed by atoms with Crippen LogP contribution in [-0.2, 0) is 21.2 Å². The average Bonchev–Trinajstić information content (AvgIpc) is 2.84. The molecular formula is C15H20ClNO4S2. The van der Waals surface area contributed by atoms with Crippen LogP contribution in [0.4, 0.5) is 0 Å². The van der Waals surface area contributed by atoms with E-state index in [9.17, 15) is 13.2 Å². The molecule has 0 spiro atoms. The lowest BCUT2D eigenvalue weighted by atomic mass is 10.2. The van der Waals surface area contributed by atoms with E-state index in [1.165, 1.54) is 11.8 Å². The van der Waals surface area contributed by atoms with Crippen LogP contribution in [0.1, 0.15) is 12.0 Å². The lowest BCUT2D eigenvalue weighted by Crippen LogP contribution is -2.28. The third-order valence-electron chi connectivity index (χ3n) is 3.71. The van der Waals surface area contributed by atoms with Gasteiger partial charge in [-0.3, -0.25) is 4.79 Å². The van der Waals surface area contributed by atoms with E-state index in [1.54, 1.807) is 37.3 Å². The molecule has 1 amide bonds. The van der Waals surface area contributed by atoms with E-state index in [1.807, 2.05) is 0 Å². The number of hydrogen-bond acceptors (Lipinski definition) is 5. The molecule has 0 N–H and O–H groups in total. The molecule has 0 unspecified atom stereocenters. The van der Waals surface area contributed by atoms with Crippen LogP contribution >= 0.6 is 23.4 Å². The number of sulfone groups is 1. The second-order valence-electron chi connectivity index (χ2n) is 5.54. The molecule has 8 heteroatoms. The van der Waals surface area contributed by atoms with Crippen LogP contribution in [0.15, 0.2) is 18.2 Å². The molecule has 1 fully saturated rings. The molecule has 1 saturated heterocycles. The Balaban J connectivity index is 1.89. The fourth-order valence-electron chi connectivity index (χ4n) is 2.41. The topological polar surface area (TPSA) is 63.7 Å². The molecule has 0 radical (unpaired) electrons. The smallest absolute Gasteiger partial charge is 0.232 e. The van der Waals surface area contributed by atoms with E-state index in [2.05, 4.69) is 0 Å². The van der Waals surface area contributed by atoms with Crippen molar-refractivity contribution >= 4 is 39.1 Å². The minimum Gasteiger partial charge on any atom is -0.496 e. The van der Waals surface area contributed by atoms with Crippen molar-refractivity contribution in [2.45, 2.75) is 18.2 Å². The third-order valence-corrected chi connectivity index (χ3v) is 7.21.